The minimum Gasteiger partial charge on any atom is -0.347 e. The van der Waals surface area contributed by atoms with E-state index in [1.165, 1.54) is 16.9 Å². The van der Waals surface area contributed by atoms with Crippen molar-refractivity contribution in [2.75, 3.05) is 0 Å². The highest BCUT2D eigenvalue weighted by Crippen LogP contribution is 2.12. The molecule has 0 saturated carbocycles. The number of aryl methyl sites for hydroxylation is 1. The van der Waals surface area contributed by atoms with Crippen LogP contribution in [-0.2, 0) is 11.9 Å². The predicted molar refractivity (Wildman–Crippen MR) is 77.1 cm³/mol. The highest BCUT2D eigenvalue weighted by atomic mass is 79.9. The maximum atomic E-state index is 11.8. The summed E-state index contributed by atoms with van der Waals surface area (Å²) in [6.45, 7) is 2.43. The first-order valence-corrected chi connectivity index (χ1v) is 7.47. The summed E-state index contributed by atoms with van der Waals surface area (Å²) in [6, 6.07) is 8.14. The normalized spacial score (nSPS) is 10.3. The van der Waals surface area contributed by atoms with Crippen molar-refractivity contribution >= 4 is 33.2 Å². The molecule has 18 heavy (non-hydrogen) atoms. The molecule has 1 aromatic carbocycles. The third kappa shape index (κ3) is 3.40. The molecular weight excluding hydrogens is 312 g/mol. The molecule has 94 valence electrons. The van der Waals surface area contributed by atoms with Crippen molar-refractivity contribution in [3.63, 3.8) is 0 Å². The number of aromatic nitrogens is 1. The second-order valence-electron chi connectivity index (χ2n) is 3.88. The van der Waals surface area contributed by atoms with Gasteiger partial charge in [0.05, 0.1) is 11.2 Å². The monoisotopic (exact) mass is 324 g/mol. The topological polar surface area (TPSA) is 42.0 Å². The van der Waals surface area contributed by atoms with E-state index in [9.17, 15) is 4.79 Å². The van der Waals surface area contributed by atoms with Crippen LogP contribution in [0.2, 0.25) is 0 Å². The Morgan fingerprint density at radius 1 is 1.33 bits per heavy atom. The van der Waals surface area contributed by atoms with Crippen molar-refractivity contribution in [1.29, 1.82) is 0 Å². The average Bonchev–Trinajstić information content (AvgIpc) is 2.83. The highest BCUT2D eigenvalue weighted by molar-refractivity contribution is 9.08. The van der Waals surface area contributed by atoms with Crippen molar-refractivity contribution in [3.05, 3.63) is 51.5 Å². The molecule has 0 aliphatic carbocycles. The van der Waals surface area contributed by atoms with E-state index in [4.69, 9.17) is 0 Å². The number of halogens is 1. The van der Waals surface area contributed by atoms with Crippen LogP contribution in [0.1, 0.15) is 25.8 Å². The molecule has 2 rings (SSSR count). The average molecular weight is 325 g/mol. The van der Waals surface area contributed by atoms with Gasteiger partial charge >= 0.3 is 0 Å². The number of hydrogen-bond donors (Lipinski definition) is 1. The SMILES string of the molecule is Cc1ncc(C(=O)NCc2ccc(CBr)cc2)s1. The van der Waals surface area contributed by atoms with Crippen LogP contribution in [0.5, 0.6) is 0 Å². The minimum absolute atomic E-state index is 0.0647. The van der Waals surface area contributed by atoms with Crippen LogP contribution in [-0.4, -0.2) is 10.9 Å². The van der Waals surface area contributed by atoms with E-state index < -0.39 is 0 Å². The quantitative estimate of drug-likeness (QED) is 0.877. The standard InChI is InChI=1S/C13H13BrN2OS/c1-9-15-8-12(18-9)13(17)16-7-11-4-2-10(6-14)3-5-11/h2-5,8H,6-7H2,1H3,(H,16,17). The van der Waals surface area contributed by atoms with Gasteiger partial charge in [-0.25, -0.2) is 4.98 Å². The number of carbonyl (C=O) groups excluding carboxylic acids is 1. The molecule has 1 heterocycles. The Morgan fingerprint density at radius 2 is 2.00 bits per heavy atom. The zero-order valence-corrected chi connectivity index (χ0v) is 12.3. The van der Waals surface area contributed by atoms with Gasteiger partial charge in [-0.05, 0) is 18.1 Å². The van der Waals surface area contributed by atoms with Crippen molar-refractivity contribution < 1.29 is 4.79 Å². The number of alkyl halides is 1. The van der Waals surface area contributed by atoms with Crippen LogP contribution in [0, 0.1) is 6.92 Å². The van der Waals surface area contributed by atoms with Crippen LogP contribution in [0.25, 0.3) is 0 Å². The van der Waals surface area contributed by atoms with Crippen molar-refractivity contribution in [2.45, 2.75) is 18.8 Å². The van der Waals surface area contributed by atoms with Gasteiger partial charge in [0.2, 0.25) is 0 Å². The summed E-state index contributed by atoms with van der Waals surface area (Å²) >= 11 is 4.81. The Labute approximate surface area is 118 Å². The number of nitrogens with one attached hydrogen (secondary N) is 1. The molecule has 0 aliphatic heterocycles. The van der Waals surface area contributed by atoms with Crippen LogP contribution >= 0.6 is 27.3 Å². The molecule has 3 nitrogen and oxygen atoms in total. The Bertz CT molecular complexity index is 536. The van der Waals surface area contributed by atoms with Crippen molar-refractivity contribution in [3.8, 4) is 0 Å². The summed E-state index contributed by atoms with van der Waals surface area (Å²) in [7, 11) is 0. The zero-order valence-electron chi connectivity index (χ0n) is 9.94. The van der Waals surface area contributed by atoms with Crippen molar-refractivity contribution in [1.82, 2.24) is 10.3 Å². The zero-order chi connectivity index (χ0) is 13.0. The molecule has 0 spiro atoms. The molecule has 0 atom stereocenters. The van der Waals surface area contributed by atoms with Gasteiger partial charge in [0.25, 0.3) is 5.91 Å². The number of thiazole rings is 1. The third-order valence-electron chi connectivity index (χ3n) is 2.48. The number of benzene rings is 1. The highest BCUT2D eigenvalue weighted by Gasteiger charge is 2.08. The molecule has 1 aromatic heterocycles. The number of rotatable bonds is 4. The second-order valence-corrected chi connectivity index (χ2v) is 5.67. The molecule has 0 unspecified atom stereocenters. The molecule has 0 aliphatic rings. The summed E-state index contributed by atoms with van der Waals surface area (Å²) in [4.78, 5) is 16.5. The second kappa shape index (κ2) is 6.11. The summed E-state index contributed by atoms with van der Waals surface area (Å²) < 4.78 is 0. The van der Waals surface area contributed by atoms with E-state index in [0.717, 1.165) is 15.9 Å². The van der Waals surface area contributed by atoms with Crippen molar-refractivity contribution in [2.24, 2.45) is 0 Å². The molecular formula is C13H13BrN2OS. The third-order valence-corrected chi connectivity index (χ3v) is 4.03. The Balaban J connectivity index is 1.92. The maximum Gasteiger partial charge on any atom is 0.263 e. The van der Waals surface area contributed by atoms with Gasteiger partial charge in [0.15, 0.2) is 0 Å². The smallest absolute Gasteiger partial charge is 0.263 e. The number of hydrogen-bond acceptors (Lipinski definition) is 3. The molecule has 2 aromatic rings. The Morgan fingerprint density at radius 3 is 2.56 bits per heavy atom. The first-order valence-electron chi connectivity index (χ1n) is 5.53. The lowest BCUT2D eigenvalue weighted by Gasteiger charge is -2.04. The molecule has 0 radical (unpaired) electrons. The Hall–Kier alpha value is -1.20. The van der Waals surface area contributed by atoms with Crippen LogP contribution in [0.3, 0.4) is 0 Å². The molecule has 0 fully saturated rings. The van der Waals surface area contributed by atoms with E-state index >= 15 is 0 Å². The molecule has 1 N–H and O–H groups in total. The Kier molecular flexibility index (Phi) is 4.49. The van der Waals surface area contributed by atoms with Gasteiger partial charge in [-0.15, -0.1) is 11.3 Å². The lowest BCUT2D eigenvalue weighted by Crippen LogP contribution is -2.21. The van der Waals surface area contributed by atoms with E-state index in [1.807, 2.05) is 31.2 Å². The first-order chi connectivity index (χ1) is 8.69. The summed E-state index contributed by atoms with van der Waals surface area (Å²) in [5.74, 6) is -0.0647. The fourth-order valence-corrected chi connectivity index (χ4v) is 2.55. The summed E-state index contributed by atoms with van der Waals surface area (Å²) in [5.41, 5.74) is 2.32. The van der Waals surface area contributed by atoms with Crippen LogP contribution in [0.15, 0.2) is 30.5 Å². The lowest BCUT2D eigenvalue weighted by molar-refractivity contribution is 0.0955. The van der Waals surface area contributed by atoms with Gasteiger partial charge in [0.1, 0.15) is 4.88 Å². The van der Waals surface area contributed by atoms with Crippen LogP contribution < -0.4 is 5.32 Å². The number of amides is 1. The van der Waals surface area contributed by atoms with Gasteiger partial charge < -0.3 is 5.32 Å². The van der Waals surface area contributed by atoms with Gasteiger partial charge in [-0.3, -0.25) is 4.79 Å². The van der Waals surface area contributed by atoms with E-state index in [-0.39, 0.29) is 5.91 Å². The fraction of sp³-hybridized carbons (Fsp3) is 0.231. The van der Waals surface area contributed by atoms with E-state index in [2.05, 4.69) is 26.2 Å². The molecule has 0 saturated heterocycles. The predicted octanol–water partition coefficient (Wildman–Crippen LogP) is 3.28. The molecule has 5 heteroatoms. The number of nitrogens with zero attached hydrogens (tertiary/aromatic N) is 1. The van der Waals surface area contributed by atoms with Crippen LogP contribution in [0.4, 0.5) is 0 Å². The maximum absolute atomic E-state index is 11.8. The molecule has 0 bridgehead atoms. The van der Waals surface area contributed by atoms with E-state index in [1.54, 1.807) is 6.20 Å². The fourth-order valence-electron chi connectivity index (χ4n) is 1.48. The summed E-state index contributed by atoms with van der Waals surface area (Å²) in [6.07, 6.45) is 1.61. The van der Waals surface area contributed by atoms with Gasteiger partial charge in [0, 0.05) is 11.9 Å². The summed E-state index contributed by atoms with van der Waals surface area (Å²) in [5, 5.41) is 4.64. The number of carbonyl (C=O) groups is 1. The molecule has 1 amide bonds. The van der Waals surface area contributed by atoms with Gasteiger partial charge in [-0.2, -0.15) is 0 Å². The van der Waals surface area contributed by atoms with Gasteiger partial charge in [-0.1, -0.05) is 40.2 Å². The largest absolute Gasteiger partial charge is 0.347 e. The lowest BCUT2D eigenvalue weighted by atomic mass is 10.1. The first kappa shape index (κ1) is 13.2. The minimum atomic E-state index is -0.0647. The van der Waals surface area contributed by atoms with E-state index in [0.29, 0.717) is 11.4 Å².